The van der Waals surface area contributed by atoms with Crippen LogP contribution in [0, 0.1) is 10.1 Å². The Labute approximate surface area is 203 Å². The fourth-order valence-corrected chi connectivity index (χ4v) is 5.31. The zero-order chi connectivity index (χ0) is 22.1. The maximum absolute atomic E-state index is 10.7. The molecule has 0 spiro atoms. The summed E-state index contributed by atoms with van der Waals surface area (Å²) in [5, 5.41) is 13.0. The van der Waals surface area contributed by atoms with E-state index in [1.807, 2.05) is 11.3 Å². The van der Waals surface area contributed by atoms with Gasteiger partial charge >= 0.3 is 0 Å². The molecule has 2 aromatic carbocycles. The number of non-ortho nitro benzene ring substituents is 1. The van der Waals surface area contributed by atoms with Gasteiger partial charge in [0.05, 0.1) is 35.4 Å². The number of hydrogen-bond donors (Lipinski definition) is 0. The predicted octanol–water partition coefficient (Wildman–Crippen LogP) is 8.39. The highest BCUT2D eigenvalue weighted by Crippen LogP contribution is 2.27. The summed E-state index contributed by atoms with van der Waals surface area (Å²) < 4.78 is 2.23. The normalized spacial score (nSPS) is 10.6. The monoisotopic (exact) mass is 491 g/mol. The molecule has 32 heavy (non-hydrogen) atoms. The van der Waals surface area contributed by atoms with Crippen molar-refractivity contribution in [1.29, 1.82) is 0 Å². The number of rotatable bonds is 9. The van der Waals surface area contributed by atoms with Crippen LogP contribution in [0.15, 0.2) is 42.5 Å². The van der Waals surface area contributed by atoms with Gasteiger partial charge in [-0.2, -0.15) is 0 Å². The van der Waals surface area contributed by atoms with E-state index in [-0.39, 0.29) is 23.0 Å². The molecular weight excluding hydrogens is 462 g/mol. The summed E-state index contributed by atoms with van der Waals surface area (Å²) in [5.41, 5.74) is 2.16. The first-order chi connectivity index (χ1) is 15.1. The minimum Gasteiger partial charge on any atom is -0.258 e. The largest absolute Gasteiger partial charge is 0.270 e. The zero-order valence-corrected chi connectivity index (χ0v) is 21.0. The number of halogens is 1. The van der Waals surface area contributed by atoms with Gasteiger partial charge in [0.2, 0.25) is 0 Å². The lowest BCUT2D eigenvalue weighted by atomic mass is 10.2. The minimum atomic E-state index is -0.365. The highest BCUT2D eigenvalue weighted by Gasteiger charge is 2.09. The van der Waals surface area contributed by atoms with E-state index in [0.29, 0.717) is 0 Å². The summed E-state index contributed by atoms with van der Waals surface area (Å²) >= 11 is 3.40. The van der Waals surface area contributed by atoms with Crippen LogP contribution in [0.3, 0.4) is 0 Å². The highest BCUT2D eigenvalue weighted by atomic mass is 35.5. The number of benzene rings is 2. The third-order valence-electron chi connectivity index (χ3n) is 4.95. The third kappa shape index (κ3) is 7.50. The maximum Gasteiger partial charge on any atom is 0.270 e. The summed E-state index contributed by atoms with van der Waals surface area (Å²) in [7, 11) is 0. The SMILES string of the molecule is CCCCCc1nc2ccc([N+](=O)[O-])cc2s1.CCCCCc1nc2ccccc2s1.Cl. The van der Waals surface area contributed by atoms with Gasteiger partial charge in [-0.1, -0.05) is 51.7 Å². The molecule has 0 radical (unpaired) electrons. The molecule has 0 atom stereocenters. The number of nitro benzene ring substituents is 1. The lowest BCUT2D eigenvalue weighted by Gasteiger charge is -1.92. The topological polar surface area (TPSA) is 68.9 Å². The molecule has 0 saturated carbocycles. The first-order valence-corrected chi connectivity index (χ1v) is 12.6. The van der Waals surface area contributed by atoms with Gasteiger partial charge in [-0.05, 0) is 43.9 Å². The van der Waals surface area contributed by atoms with Crippen LogP contribution in [0.1, 0.15) is 62.4 Å². The van der Waals surface area contributed by atoms with Gasteiger partial charge in [0.15, 0.2) is 0 Å². The number of aryl methyl sites for hydroxylation is 2. The lowest BCUT2D eigenvalue weighted by molar-refractivity contribution is -0.384. The van der Waals surface area contributed by atoms with E-state index in [2.05, 4.69) is 48.1 Å². The van der Waals surface area contributed by atoms with Crippen LogP contribution >= 0.6 is 35.1 Å². The van der Waals surface area contributed by atoms with E-state index in [9.17, 15) is 10.1 Å². The molecule has 0 aliphatic heterocycles. The summed E-state index contributed by atoms with van der Waals surface area (Å²) in [6, 6.07) is 13.2. The summed E-state index contributed by atoms with van der Waals surface area (Å²) in [4.78, 5) is 19.4. The molecule has 0 unspecified atom stereocenters. The highest BCUT2D eigenvalue weighted by molar-refractivity contribution is 7.18. The predicted molar refractivity (Wildman–Crippen MR) is 140 cm³/mol. The fourth-order valence-electron chi connectivity index (χ4n) is 3.26. The second-order valence-electron chi connectivity index (χ2n) is 7.51. The van der Waals surface area contributed by atoms with E-state index in [4.69, 9.17) is 0 Å². The molecule has 5 nitrogen and oxygen atoms in total. The molecule has 8 heteroatoms. The first-order valence-electron chi connectivity index (χ1n) is 11.0. The maximum atomic E-state index is 10.7. The number of nitro groups is 1. The van der Waals surface area contributed by atoms with Crippen molar-refractivity contribution in [3.05, 3.63) is 62.6 Å². The summed E-state index contributed by atoms with van der Waals surface area (Å²) in [5.74, 6) is 0. The summed E-state index contributed by atoms with van der Waals surface area (Å²) in [6.07, 6.45) is 9.52. The third-order valence-corrected chi connectivity index (χ3v) is 7.13. The van der Waals surface area contributed by atoms with Gasteiger partial charge in [-0.3, -0.25) is 10.1 Å². The van der Waals surface area contributed by atoms with E-state index >= 15 is 0 Å². The van der Waals surface area contributed by atoms with Crippen LogP contribution in [0.4, 0.5) is 5.69 Å². The van der Waals surface area contributed by atoms with Crippen molar-refractivity contribution < 1.29 is 4.92 Å². The van der Waals surface area contributed by atoms with Gasteiger partial charge in [0.25, 0.3) is 5.69 Å². The van der Waals surface area contributed by atoms with Crippen LogP contribution in [0.25, 0.3) is 20.4 Å². The second-order valence-corrected chi connectivity index (χ2v) is 9.74. The Balaban J connectivity index is 0.000000224. The Bertz CT molecular complexity index is 1090. The number of unbranched alkanes of at least 4 members (excludes halogenated alkanes) is 4. The number of para-hydroxylation sites is 1. The smallest absolute Gasteiger partial charge is 0.258 e. The average Bonchev–Trinajstić information content (AvgIpc) is 3.37. The molecule has 4 aromatic rings. The van der Waals surface area contributed by atoms with Gasteiger partial charge in [0, 0.05) is 12.1 Å². The van der Waals surface area contributed by atoms with Crippen molar-refractivity contribution in [1.82, 2.24) is 9.97 Å². The van der Waals surface area contributed by atoms with Crippen LogP contribution in [0.2, 0.25) is 0 Å². The molecule has 0 fully saturated rings. The van der Waals surface area contributed by atoms with Crippen molar-refractivity contribution in [2.45, 2.75) is 65.2 Å². The molecule has 0 N–H and O–H groups in total. The van der Waals surface area contributed by atoms with Crippen LogP contribution in [0.5, 0.6) is 0 Å². The Morgan fingerprint density at radius 2 is 1.38 bits per heavy atom. The quantitative estimate of drug-likeness (QED) is 0.134. The molecule has 0 bridgehead atoms. The van der Waals surface area contributed by atoms with Crippen molar-refractivity contribution in [3.8, 4) is 0 Å². The van der Waals surface area contributed by atoms with E-state index in [1.165, 1.54) is 47.9 Å². The fraction of sp³-hybridized carbons (Fsp3) is 0.417. The summed E-state index contributed by atoms with van der Waals surface area (Å²) in [6.45, 7) is 4.40. The average molecular weight is 492 g/mol. The van der Waals surface area contributed by atoms with Crippen LogP contribution < -0.4 is 0 Å². The number of hydrogen-bond acceptors (Lipinski definition) is 6. The number of aromatic nitrogens is 2. The molecule has 172 valence electrons. The molecule has 0 amide bonds. The molecule has 4 rings (SSSR count). The Morgan fingerprint density at radius 3 is 1.94 bits per heavy atom. The second kappa shape index (κ2) is 13.5. The van der Waals surface area contributed by atoms with Gasteiger partial charge < -0.3 is 0 Å². The van der Waals surface area contributed by atoms with Gasteiger partial charge in [0.1, 0.15) is 0 Å². The minimum absolute atomic E-state index is 0. The van der Waals surface area contributed by atoms with Gasteiger partial charge in [-0.25, -0.2) is 9.97 Å². The van der Waals surface area contributed by atoms with Gasteiger partial charge in [-0.15, -0.1) is 35.1 Å². The Kier molecular flexibility index (Phi) is 11.0. The lowest BCUT2D eigenvalue weighted by Crippen LogP contribution is -1.86. The Morgan fingerprint density at radius 1 is 0.812 bits per heavy atom. The van der Waals surface area contributed by atoms with Crippen LogP contribution in [-0.2, 0) is 12.8 Å². The molecule has 0 aliphatic rings. The number of nitrogens with zero attached hydrogens (tertiary/aromatic N) is 3. The Hall–Kier alpha value is -2.09. The molecule has 0 saturated heterocycles. The molecular formula is C24H30ClN3O2S2. The standard InChI is InChI=1S/C12H14N2O2S.C12H15NS.ClH/c1-2-3-4-5-12-13-10-7-6-9(14(15)16)8-11(10)17-12;1-2-3-4-9-12-13-10-7-5-6-8-11(10)14-12;/h6-8H,2-5H2,1H3;5-8H,2-4,9H2,1H3;1H. The van der Waals surface area contributed by atoms with Crippen molar-refractivity contribution in [2.24, 2.45) is 0 Å². The van der Waals surface area contributed by atoms with E-state index in [0.717, 1.165) is 40.0 Å². The van der Waals surface area contributed by atoms with Crippen molar-refractivity contribution in [2.75, 3.05) is 0 Å². The first kappa shape index (κ1) is 26.2. The zero-order valence-electron chi connectivity index (χ0n) is 18.6. The molecule has 0 aliphatic carbocycles. The number of thiazole rings is 2. The van der Waals surface area contributed by atoms with E-state index < -0.39 is 0 Å². The molecule has 2 aromatic heterocycles. The van der Waals surface area contributed by atoms with Crippen molar-refractivity contribution >= 4 is 61.2 Å². The molecule has 2 heterocycles. The van der Waals surface area contributed by atoms with Crippen LogP contribution in [-0.4, -0.2) is 14.9 Å². The number of fused-ring (bicyclic) bond motifs is 2. The van der Waals surface area contributed by atoms with E-state index in [1.54, 1.807) is 23.5 Å². The van der Waals surface area contributed by atoms with Crippen molar-refractivity contribution in [3.63, 3.8) is 0 Å².